The zero-order valence-electron chi connectivity index (χ0n) is 16.0. The summed E-state index contributed by atoms with van der Waals surface area (Å²) in [5.41, 5.74) is 2.04. The quantitative estimate of drug-likeness (QED) is 0.688. The molecule has 1 aromatic carbocycles. The van der Waals surface area contributed by atoms with E-state index in [2.05, 4.69) is 16.0 Å². The number of aromatic nitrogens is 2. The van der Waals surface area contributed by atoms with E-state index in [0.717, 1.165) is 16.5 Å². The van der Waals surface area contributed by atoms with E-state index in [4.69, 9.17) is 4.74 Å². The predicted octanol–water partition coefficient (Wildman–Crippen LogP) is 2.39. The first-order chi connectivity index (χ1) is 14.1. The first kappa shape index (κ1) is 18.8. The molecule has 3 aromatic rings. The van der Waals surface area contributed by atoms with Crippen molar-refractivity contribution < 1.29 is 14.6 Å². The second-order valence-corrected chi connectivity index (χ2v) is 6.88. The van der Waals surface area contributed by atoms with Crippen LogP contribution in [0.1, 0.15) is 17.2 Å². The van der Waals surface area contributed by atoms with E-state index in [1.807, 2.05) is 28.0 Å². The van der Waals surface area contributed by atoms with Crippen LogP contribution in [-0.2, 0) is 4.79 Å². The Hall–Kier alpha value is -3.57. The fourth-order valence-electron chi connectivity index (χ4n) is 3.96. The molecule has 0 radical (unpaired) electrons. The van der Waals surface area contributed by atoms with Crippen LogP contribution in [-0.4, -0.2) is 59.2 Å². The van der Waals surface area contributed by atoms with Gasteiger partial charge in [-0.3, -0.25) is 9.69 Å². The maximum atomic E-state index is 12.2. The topological polar surface area (TPSA) is 105 Å². The summed E-state index contributed by atoms with van der Waals surface area (Å²) in [5, 5.41) is 20.1. The van der Waals surface area contributed by atoms with Crippen LogP contribution in [0.4, 0.5) is 5.82 Å². The smallest absolute Gasteiger partial charge is 0.325 e. The van der Waals surface area contributed by atoms with Gasteiger partial charge in [0.1, 0.15) is 23.7 Å². The zero-order chi connectivity index (χ0) is 20.4. The number of carboxylic acids is 1. The molecule has 1 atom stereocenters. The number of fused-ring (bicyclic) bond motifs is 1. The highest BCUT2D eigenvalue weighted by Crippen LogP contribution is 2.33. The number of carboxylic acid groups (broad SMARTS) is 1. The average Bonchev–Trinajstić information content (AvgIpc) is 3.18. The molecule has 29 heavy (non-hydrogen) atoms. The Morgan fingerprint density at radius 1 is 1.28 bits per heavy atom. The summed E-state index contributed by atoms with van der Waals surface area (Å²) in [7, 11) is 1.59. The number of methoxy groups -OCH3 is 1. The van der Waals surface area contributed by atoms with Crippen molar-refractivity contribution in [3.05, 3.63) is 53.9 Å². The van der Waals surface area contributed by atoms with Gasteiger partial charge < -0.3 is 19.7 Å². The Morgan fingerprint density at radius 3 is 2.76 bits per heavy atom. The molecule has 0 bridgehead atoms. The van der Waals surface area contributed by atoms with Gasteiger partial charge in [0.2, 0.25) is 0 Å². The Kier molecular flexibility index (Phi) is 5.06. The first-order valence-corrected chi connectivity index (χ1v) is 9.35. The molecule has 1 unspecified atom stereocenters. The molecule has 1 aliphatic heterocycles. The molecular formula is C21H21N5O3. The number of piperazine rings is 1. The van der Waals surface area contributed by atoms with Crippen molar-refractivity contribution >= 4 is 22.7 Å². The highest BCUT2D eigenvalue weighted by atomic mass is 16.5. The molecule has 1 fully saturated rings. The molecule has 0 aliphatic carbocycles. The van der Waals surface area contributed by atoms with Crippen LogP contribution in [0.5, 0.6) is 5.75 Å². The number of aliphatic carboxylic acids is 1. The lowest BCUT2D eigenvalue weighted by Crippen LogP contribution is -2.49. The molecule has 2 aromatic heterocycles. The van der Waals surface area contributed by atoms with Gasteiger partial charge in [0.05, 0.1) is 18.2 Å². The lowest BCUT2D eigenvalue weighted by molar-refractivity contribution is -0.143. The number of para-hydroxylation sites is 1. The average molecular weight is 391 g/mol. The molecule has 4 rings (SSSR count). The third-order valence-corrected chi connectivity index (χ3v) is 5.34. The monoisotopic (exact) mass is 391 g/mol. The third-order valence-electron chi connectivity index (χ3n) is 5.34. The number of aromatic amines is 1. The minimum atomic E-state index is -0.891. The lowest BCUT2D eigenvalue weighted by atomic mass is 10.0. The van der Waals surface area contributed by atoms with Crippen LogP contribution in [0, 0.1) is 11.3 Å². The predicted molar refractivity (Wildman–Crippen MR) is 108 cm³/mol. The number of anilines is 1. The number of H-pyrrole nitrogens is 1. The molecule has 3 heterocycles. The number of pyridine rings is 1. The van der Waals surface area contributed by atoms with Crippen LogP contribution in [0.25, 0.3) is 10.9 Å². The Bertz CT molecular complexity index is 1080. The number of nitrogens with one attached hydrogen (secondary N) is 1. The second-order valence-electron chi connectivity index (χ2n) is 6.88. The molecule has 148 valence electrons. The normalized spacial score (nSPS) is 15.8. The second kappa shape index (κ2) is 7.81. The summed E-state index contributed by atoms with van der Waals surface area (Å²) in [5.74, 6) is 0.443. The Morgan fingerprint density at radius 2 is 2.07 bits per heavy atom. The van der Waals surface area contributed by atoms with Gasteiger partial charge in [0.15, 0.2) is 0 Å². The summed E-state index contributed by atoms with van der Waals surface area (Å²) in [6, 6.07) is 10.5. The summed E-state index contributed by atoms with van der Waals surface area (Å²) >= 11 is 0. The standard InChI is InChI=1S/C21H21N5O3/c1-29-17-6-2-5-15-16(13-24-18(15)17)19(21(27)28)25-8-10-26(11-9-25)20-14(12-22)4-3-7-23-20/h2-7,13,19,24H,8-11H2,1H3,(H,27,28). The van der Waals surface area contributed by atoms with Crippen molar-refractivity contribution in [1.82, 2.24) is 14.9 Å². The molecule has 8 nitrogen and oxygen atoms in total. The summed E-state index contributed by atoms with van der Waals surface area (Å²) in [6.45, 7) is 2.30. The highest BCUT2D eigenvalue weighted by molar-refractivity contribution is 5.92. The van der Waals surface area contributed by atoms with Crippen LogP contribution in [0.15, 0.2) is 42.7 Å². The first-order valence-electron chi connectivity index (χ1n) is 9.35. The molecule has 0 spiro atoms. The minimum Gasteiger partial charge on any atom is -0.495 e. The van der Waals surface area contributed by atoms with Gasteiger partial charge in [-0.25, -0.2) is 4.98 Å². The molecule has 0 amide bonds. The van der Waals surface area contributed by atoms with E-state index in [9.17, 15) is 15.2 Å². The van der Waals surface area contributed by atoms with E-state index < -0.39 is 12.0 Å². The van der Waals surface area contributed by atoms with Crippen molar-refractivity contribution in [2.45, 2.75) is 6.04 Å². The maximum Gasteiger partial charge on any atom is 0.325 e. The van der Waals surface area contributed by atoms with Crippen molar-refractivity contribution in [2.24, 2.45) is 0 Å². The number of ether oxygens (including phenoxy) is 1. The molecular weight excluding hydrogens is 370 g/mol. The maximum absolute atomic E-state index is 12.2. The number of carbonyl (C=O) groups is 1. The van der Waals surface area contributed by atoms with Crippen molar-refractivity contribution in [1.29, 1.82) is 5.26 Å². The summed E-state index contributed by atoms with van der Waals surface area (Å²) in [4.78, 5) is 23.7. The van der Waals surface area contributed by atoms with Gasteiger partial charge in [-0.1, -0.05) is 12.1 Å². The molecule has 0 saturated carbocycles. The fourth-order valence-corrected chi connectivity index (χ4v) is 3.96. The van der Waals surface area contributed by atoms with Gasteiger partial charge in [0, 0.05) is 49.5 Å². The van der Waals surface area contributed by atoms with Crippen molar-refractivity contribution in [2.75, 3.05) is 38.2 Å². The van der Waals surface area contributed by atoms with E-state index in [0.29, 0.717) is 43.3 Å². The van der Waals surface area contributed by atoms with Crippen LogP contribution in [0.3, 0.4) is 0 Å². The van der Waals surface area contributed by atoms with Crippen LogP contribution < -0.4 is 9.64 Å². The van der Waals surface area contributed by atoms with Gasteiger partial charge in [-0.05, 0) is 18.2 Å². The zero-order valence-corrected chi connectivity index (χ0v) is 16.0. The van der Waals surface area contributed by atoms with E-state index in [1.165, 1.54) is 0 Å². The number of hydrogen-bond acceptors (Lipinski definition) is 6. The molecule has 8 heteroatoms. The van der Waals surface area contributed by atoms with Gasteiger partial charge in [0.25, 0.3) is 0 Å². The van der Waals surface area contributed by atoms with E-state index in [1.54, 1.807) is 31.6 Å². The fraction of sp³-hybridized carbons (Fsp3) is 0.286. The highest BCUT2D eigenvalue weighted by Gasteiger charge is 2.33. The van der Waals surface area contributed by atoms with Crippen LogP contribution >= 0.6 is 0 Å². The minimum absolute atomic E-state index is 0.527. The summed E-state index contributed by atoms with van der Waals surface area (Å²) < 4.78 is 5.38. The van der Waals surface area contributed by atoms with Gasteiger partial charge >= 0.3 is 5.97 Å². The van der Waals surface area contributed by atoms with Gasteiger partial charge in [-0.15, -0.1) is 0 Å². The number of hydrogen-bond donors (Lipinski definition) is 2. The number of benzene rings is 1. The summed E-state index contributed by atoms with van der Waals surface area (Å²) in [6.07, 6.45) is 3.42. The number of rotatable bonds is 5. The third kappa shape index (κ3) is 3.37. The Balaban J connectivity index is 1.59. The van der Waals surface area contributed by atoms with Crippen LogP contribution in [0.2, 0.25) is 0 Å². The lowest BCUT2D eigenvalue weighted by Gasteiger charge is -2.38. The molecule has 2 N–H and O–H groups in total. The SMILES string of the molecule is COc1cccc2c(C(C(=O)O)N3CCN(c4ncccc4C#N)CC3)c[nH]c12. The number of nitrogens with zero attached hydrogens (tertiary/aromatic N) is 4. The molecule has 1 saturated heterocycles. The van der Waals surface area contributed by atoms with Crippen molar-refractivity contribution in [3.8, 4) is 11.8 Å². The largest absolute Gasteiger partial charge is 0.495 e. The van der Waals surface area contributed by atoms with E-state index >= 15 is 0 Å². The Labute approximate surface area is 167 Å². The molecule has 1 aliphatic rings. The van der Waals surface area contributed by atoms with Gasteiger partial charge in [-0.2, -0.15) is 5.26 Å². The van der Waals surface area contributed by atoms with Crippen molar-refractivity contribution in [3.63, 3.8) is 0 Å². The number of nitriles is 1. The van der Waals surface area contributed by atoms with E-state index in [-0.39, 0.29) is 0 Å².